The molecule has 0 bridgehead atoms. The summed E-state index contributed by atoms with van der Waals surface area (Å²) in [4.78, 5) is 15.1. The number of benzene rings is 1. The van der Waals surface area contributed by atoms with Crippen molar-refractivity contribution in [3.05, 3.63) is 29.3 Å². The molecule has 1 saturated carbocycles. The first-order chi connectivity index (χ1) is 11.7. The van der Waals surface area contributed by atoms with Crippen LogP contribution < -0.4 is 4.90 Å². The van der Waals surface area contributed by atoms with Crippen molar-refractivity contribution in [3.63, 3.8) is 0 Å². The van der Waals surface area contributed by atoms with E-state index in [4.69, 9.17) is 0 Å². The molecule has 0 spiro atoms. The molecule has 1 aromatic carbocycles. The van der Waals surface area contributed by atoms with Crippen molar-refractivity contribution in [2.45, 2.75) is 64.7 Å². The van der Waals surface area contributed by atoms with Crippen molar-refractivity contribution in [2.75, 3.05) is 16.8 Å². The van der Waals surface area contributed by atoms with Gasteiger partial charge < -0.3 is 4.90 Å². The monoisotopic (exact) mass is 391 g/mol. The van der Waals surface area contributed by atoms with Gasteiger partial charge in [-0.15, -0.1) is 0 Å². The molecule has 1 aliphatic heterocycles. The van der Waals surface area contributed by atoms with E-state index in [0.29, 0.717) is 5.91 Å². The Bertz CT molecular complexity index is 563. The minimum absolute atomic E-state index is 0.260. The average molecular weight is 392 g/mol. The zero-order chi connectivity index (χ0) is 16.9. The van der Waals surface area contributed by atoms with E-state index in [0.717, 1.165) is 43.5 Å². The summed E-state index contributed by atoms with van der Waals surface area (Å²) >= 11 is 3.51. The molecule has 0 N–H and O–H groups in total. The molecule has 3 heteroatoms. The summed E-state index contributed by atoms with van der Waals surface area (Å²) in [5.74, 6) is 1.51. The van der Waals surface area contributed by atoms with Crippen LogP contribution in [0.25, 0.3) is 0 Å². The molecule has 1 fully saturated rings. The molecule has 132 valence electrons. The highest BCUT2D eigenvalue weighted by atomic mass is 79.9. The molecule has 1 amide bonds. The summed E-state index contributed by atoms with van der Waals surface area (Å²) in [6.07, 6.45) is 10.8. The van der Waals surface area contributed by atoms with Gasteiger partial charge in [-0.25, -0.2) is 0 Å². The van der Waals surface area contributed by atoms with Crippen LogP contribution in [0.5, 0.6) is 0 Å². The van der Waals surface area contributed by atoms with Gasteiger partial charge in [0.2, 0.25) is 5.91 Å². The maximum Gasteiger partial charge on any atom is 0.230 e. The quantitative estimate of drug-likeness (QED) is 0.585. The fraction of sp³-hybridized carbons (Fsp3) is 0.667. The number of carbonyl (C=O) groups is 1. The van der Waals surface area contributed by atoms with Crippen molar-refractivity contribution in [1.82, 2.24) is 0 Å². The third kappa shape index (κ3) is 4.04. The topological polar surface area (TPSA) is 20.3 Å². The molecular weight excluding hydrogens is 362 g/mol. The van der Waals surface area contributed by atoms with E-state index in [1.807, 2.05) is 0 Å². The Morgan fingerprint density at radius 3 is 2.75 bits per heavy atom. The SMILES string of the molecule is CCCCC1CCC(C(=O)N2CCc3cc(CCBr)ccc32)CC1. The van der Waals surface area contributed by atoms with Gasteiger partial charge in [-0.05, 0) is 61.6 Å². The number of nitrogens with zero attached hydrogens (tertiary/aromatic N) is 1. The molecule has 3 rings (SSSR count). The number of aryl methyl sites for hydroxylation is 1. The number of rotatable bonds is 6. The van der Waals surface area contributed by atoms with Gasteiger partial charge in [-0.3, -0.25) is 4.79 Å². The minimum atomic E-state index is 0.260. The predicted molar refractivity (Wildman–Crippen MR) is 105 cm³/mol. The Balaban J connectivity index is 1.60. The van der Waals surface area contributed by atoms with E-state index in [9.17, 15) is 4.79 Å². The van der Waals surface area contributed by atoms with Crippen LogP contribution in [0.3, 0.4) is 0 Å². The van der Waals surface area contributed by atoms with Crippen LogP contribution in [0.1, 0.15) is 63.0 Å². The van der Waals surface area contributed by atoms with Crippen LogP contribution in [0.15, 0.2) is 18.2 Å². The van der Waals surface area contributed by atoms with E-state index < -0.39 is 0 Å². The molecule has 24 heavy (non-hydrogen) atoms. The largest absolute Gasteiger partial charge is 0.312 e. The first kappa shape index (κ1) is 18.0. The molecule has 0 unspecified atom stereocenters. The normalized spacial score (nSPS) is 23.3. The van der Waals surface area contributed by atoms with Crippen molar-refractivity contribution in [1.29, 1.82) is 0 Å². The first-order valence-corrected chi connectivity index (χ1v) is 10.8. The van der Waals surface area contributed by atoms with E-state index in [2.05, 4.69) is 46.0 Å². The lowest BCUT2D eigenvalue weighted by Crippen LogP contribution is -2.36. The number of anilines is 1. The van der Waals surface area contributed by atoms with Gasteiger partial charge in [0.25, 0.3) is 0 Å². The zero-order valence-electron chi connectivity index (χ0n) is 14.9. The molecule has 1 heterocycles. The van der Waals surface area contributed by atoms with Gasteiger partial charge in [-0.2, -0.15) is 0 Å². The second-order valence-corrected chi connectivity index (χ2v) is 8.29. The smallest absolute Gasteiger partial charge is 0.230 e. The highest BCUT2D eigenvalue weighted by Gasteiger charge is 2.32. The number of unbranched alkanes of at least 4 members (excludes halogenated alkanes) is 1. The molecule has 0 radical (unpaired) electrons. The predicted octanol–water partition coefficient (Wildman–Crippen LogP) is 5.51. The highest BCUT2D eigenvalue weighted by molar-refractivity contribution is 9.09. The number of hydrogen-bond acceptors (Lipinski definition) is 1. The molecule has 0 aromatic heterocycles. The number of hydrogen-bond donors (Lipinski definition) is 0. The van der Waals surface area contributed by atoms with Crippen LogP contribution >= 0.6 is 15.9 Å². The summed E-state index contributed by atoms with van der Waals surface area (Å²) in [5.41, 5.74) is 3.90. The molecule has 0 saturated heterocycles. The second kappa shape index (κ2) is 8.51. The Morgan fingerprint density at radius 1 is 1.25 bits per heavy atom. The Morgan fingerprint density at radius 2 is 2.04 bits per heavy atom. The van der Waals surface area contributed by atoms with E-state index >= 15 is 0 Å². The van der Waals surface area contributed by atoms with Crippen LogP contribution in [0.2, 0.25) is 0 Å². The number of alkyl halides is 1. The fourth-order valence-electron chi connectivity index (χ4n) is 4.36. The van der Waals surface area contributed by atoms with Gasteiger partial charge in [-0.1, -0.05) is 54.2 Å². The van der Waals surface area contributed by atoms with Crippen LogP contribution in [-0.2, 0) is 17.6 Å². The van der Waals surface area contributed by atoms with Crippen LogP contribution in [0, 0.1) is 11.8 Å². The Kier molecular flexibility index (Phi) is 6.37. The van der Waals surface area contributed by atoms with E-state index in [1.54, 1.807) is 0 Å². The van der Waals surface area contributed by atoms with E-state index in [1.165, 1.54) is 48.9 Å². The van der Waals surface area contributed by atoms with Gasteiger partial charge in [0.15, 0.2) is 0 Å². The van der Waals surface area contributed by atoms with E-state index in [-0.39, 0.29) is 5.92 Å². The lowest BCUT2D eigenvalue weighted by Gasteiger charge is -2.30. The lowest BCUT2D eigenvalue weighted by molar-refractivity contribution is -0.123. The molecule has 2 nitrogen and oxygen atoms in total. The van der Waals surface area contributed by atoms with Crippen molar-refractivity contribution in [2.24, 2.45) is 11.8 Å². The van der Waals surface area contributed by atoms with Gasteiger partial charge in [0.05, 0.1) is 0 Å². The molecular formula is C21H30BrNO. The maximum absolute atomic E-state index is 13.0. The number of amides is 1. The molecule has 0 atom stereocenters. The zero-order valence-corrected chi connectivity index (χ0v) is 16.5. The second-order valence-electron chi connectivity index (χ2n) is 7.50. The summed E-state index contributed by atoms with van der Waals surface area (Å²) < 4.78 is 0. The summed E-state index contributed by atoms with van der Waals surface area (Å²) in [5, 5.41) is 0.996. The van der Waals surface area contributed by atoms with Crippen molar-refractivity contribution >= 4 is 27.5 Å². The first-order valence-electron chi connectivity index (χ1n) is 9.72. The summed E-state index contributed by atoms with van der Waals surface area (Å²) in [7, 11) is 0. The lowest BCUT2D eigenvalue weighted by atomic mass is 9.79. The Hall–Kier alpha value is -0.830. The van der Waals surface area contributed by atoms with Gasteiger partial charge in [0.1, 0.15) is 0 Å². The minimum Gasteiger partial charge on any atom is -0.312 e. The van der Waals surface area contributed by atoms with Crippen molar-refractivity contribution < 1.29 is 4.79 Å². The maximum atomic E-state index is 13.0. The molecule has 1 aromatic rings. The molecule has 1 aliphatic carbocycles. The number of halogens is 1. The Labute approximate surface area is 155 Å². The summed E-state index contributed by atoms with van der Waals surface area (Å²) in [6.45, 7) is 3.14. The van der Waals surface area contributed by atoms with Crippen LogP contribution in [-0.4, -0.2) is 17.8 Å². The molecule has 2 aliphatic rings. The highest BCUT2D eigenvalue weighted by Crippen LogP contribution is 2.36. The van der Waals surface area contributed by atoms with Gasteiger partial charge in [0, 0.05) is 23.5 Å². The van der Waals surface area contributed by atoms with Crippen LogP contribution in [0.4, 0.5) is 5.69 Å². The standard InChI is InChI=1S/C21H30BrNO/c1-2-3-4-16-5-8-18(9-6-16)21(24)23-14-12-19-15-17(11-13-22)7-10-20(19)23/h7,10,15-16,18H,2-6,8-9,11-14H2,1H3. The van der Waals surface area contributed by atoms with Crippen molar-refractivity contribution in [3.8, 4) is 0 Å². The third-order valence-electron chi connectivity index (χ3n) is 5.85. The average Bonchev–Trinajstić information content (AvgIpc) is 3.03. The fourth-order valence-corrected chi connectivity index (χ4v) is 4.82. The van der Waals surface area contributed by atoms with Gasteiger partial charge >= 0.3 is 0 Å². The number of carbonyl (C=O) groups excluding carboxylic acids is 1. The number of fused-ring (bicyclic) bond motifs is 1. The summed E-state index contributed by atoms with van der Waals surface area (Å²) in [6, 6.07) is 6.66. The third-order valence-corrected chi connectivity index (χ3v) is 6.25.